The molecule has 1 heterocycles. The van der Waals surface area contributed by atoms with E-state index in [0.717, 1.165) is 13.0 Å². The van der Waals surface area contributed by atoms with Crippen molar-refractivity contribution >= 4 is 0 Å². The van der Waals surface area contributed by atoms with Gasteiger partial charge in [0, 0.05) is 13.0 Å². The van der Waals surface area contributed by atoms with Gasteiger partial charge in [0.25, 0.3) is 0 Å². The predicted molar refractivity (Wildman–Crippen MR) is 58.2 cm³/mol. The molecule has 0 aromatic rings. The third-order valence-electron chi connectivity index (χ3n) is 2.97. The van der Waals surface area contributed by atoms with Crippen LogP contribution in [0.3, 0.4) is 0 Å². The molecular formula is C12H24O2. The third kappa shape index (κ3) is 3.58. The minimum Gasteiger partial charge on any atom is -0.353 e. The van der Waals surface area contributed by atoms with E-state index in [4.69, 9.17) is 9.47 Å². The lowest BCUT2D eigenvalue weighted by atomic mass is 9.99. The van der Waals surface area contributed by atoms with Crippen molar-refractivity contribution in [1.82, 2.24) is 0 Å². The largest absolute Gasteiger partial charge is 0.353 e. The maximum Gasteiger partial charge on any atom is 0.158 e. The molecule has 1 saturated heterocycles. The smallest absolute Gasteiger partial charge is 0.158 e. The quantitative estimate of drug-likeness (QED) is 0.612. The summed E-state index contributed by atoms with van der Waals surface area (Å²) in [6.45, 7) is 7.30. The van der Waals surface area contributed by atoms with Crippen molar-refractivity contribution in [1.29, 1.82) is 0 Å². The van der Waals surface area contributed by atoms with Gasteiger partial charge < -0.3 is 9.47 Å². The first-order valence-electron chi connectivity index (χ1n) is 6.05. The van der Waals surface area contributed by atoms with E-state index in [1.54, 1.807) is 0 Å². The van der Waals surface area contributed by atoms with Gasteiger partial charge in [0.05, 0.1) is 6.10 Å². The zero-order valence-electron chi connectivity index (χ0n) is 9.79. The third-order valence-corrected chi connectivity index (χ3v) is 2.97. The molecule has 2 heteroatoms. The van der Waals surface area contributed by atoms with Crippen molar-refractivity contribution < 1.29 is 9.47 Å². The van der Waals surface area contributed by atoms with Gasteiger partial charge in [-0.3, -0.25) is 0 Å². The highest BCUT2D eigenvalue weighted by molar-refractivity contribution is 4.75. The van der Waals surface area contributed by atoms with Gasteiger partial charge in [-0.1, -0.05) is 33.1 Å². The summed E-state index contributed by atoms with van der Waals surface area (Å²) in [6, 6.07) is 0. The van der Waals surface area contributed by atoms with E-state index in [9.17, 15) is 0 Å². The first-order chi connectivity index (χ1) is 6.77. The Morgan fingerprint density at radius 3 is 2.71 bits per heavy atom. The number of hydrogen-bond acceptors (Lipinski definition) is 2. The molecule has 0 unspecified atom stereocenters. The van der Waals surface area contributed by atoms with Gasteiger partial charge in [0.15, 0.2) is 6.29 Å². The molecule has 0 aliphatic carbocycles. The molecule has 0 amide bonds. The van der Waals surface area contributed by atoms with Crippen LogP contribution in [0.15, 0.2) is 0 Å². The molecule has 0 aromatic heterocycles. The van der Waals surface area contributed by atoms with Crippen LogP contribution in [0.25, 0.3) is 0 Å². The standard InChI is InChI=1S/C12H24O2/c1-4-6-7-8-11-10(3)9-12(14-11)13-5-2/h10-12H,4-9H2,1-3H3/t10-,11-,12-/m1/s1. The minimum absolute atomic E-state index is 0.0710. The van der Waals surface area contributed by atoms with E-state index >= 15 is 0 Å². The Morgan fingerprint density at radius 2 is 2.07 bits per heavy atom. The molecule has 3 atom stereocenters. The SMILES string of the molecule is CCCCC[C@H]1O[C@@H](OCC)C[C@H]1C. The Hall–Kier alpha value is -0.0800. The van der Waals surface area contributed by atoms with Crippen LogP contribution in [0.2, 0.25) is 0 Å². The topological polar surface area (TPSA) is 18.5 Å². The molecule has 14 heavy (non-hydrogen) atoms. The fourth-order valence-electron chi connectivity index (χ4n) is 2.08. The van der Waals surface area contributed by atoms with E-state index < -0.39 is 0 Å². The van der Waals surface area contributed by atoms with Crippen LogP contribution in [0.1, 0.15) is 52.9 Å². The number of unbranched alkanes of at least 4 members (excludes halogenated alkanes) is 2. The molecule has 1 aliphatic rings. The van der Waals surface area contributed by atoms with Crippen molar-refractivity contribution in [3.8, 4) is 0 Å². The summed E-state index contributed by atoms with van der Waals surface area (Å²) < 4.78 is 11.3. The predicted octanol–water partition coefficient (Wildman–Crippen LogP) is 3.35. The van der Waals surface area contributed by atoms with Crippen LogP contribution in [-0.4, -0.2) is 19.0 Å². The second kappa shape index (κ2) is 6.41. The number of rotatable bonds is 6. The molecule has 1 rings (SSSR count). The van der Waals surface area contributed by atoms with Crippen molar-refractivity contribution in [3.63, 3.8) is 0 Å². The highest BCUT2D eigenvalue weighted by atomic mass is 16.7. The zero-order valence-corrected chi connectivity index (χ0v) is 9.79. The fraction of sp³-hybridized carbons (Fsp3) is 1.00. The maximum atomic E-state index is 5.84. The summed E-state index contributed by atoms with van der Waals surface area (Å²) in [4.78, 5) is 0. The summed E-state index contributed by atoms with van der Waals surface area (Å²) in [5, 5.41) is 0. The van der Waals surface area contributed by atoms with E-state index in [1.807, 2.05) is 6.92 Å². The van der Waals surface area contributed by atoms with Gasteiger partial charge in [0.1, 0.15) is 0 Å². The molecule has 1 fully saturated rings. The lowest BCUT2D eigenvalue weighted by Gasteiger charge is -2.14. The van der Waals surface area contributed by atoms with Gasteiger partial charge in [-0.25, -0.2) is 0 Å². The van der Waals surface area contributed by atoms with E-state index in [1.165, 1.54) is 25.7 Å². The van der Waals surface area contributed by atoms with Crippen LogP contribution in [0.5, 0.6) is 0 Å². The Balaban J connectivity index is 2.19. The molecule has 0 aromatic carbocycles. The van der Waals surface area contributed by atoms with Crippen molar-refractivity contribution in [2.75, 3.05) is 6.61 Å². The monoisotopic (exact) mass is 200 g/mol. The zero-order chi connectivity index (χ0) is 10.4. The summed E-state index contributed by atoms with van der Waals surface area (Å²) in [5.41, 5.74) is 0. The Bertz CT molecular complexity index is 147. The van der Waals surface area contributed by atoms with Gasteiger partial charge in [0.2, 0.25) is 0 Å². The van der Waals surface area contributed by atoms with Crippen LogP contribution in [0.4, 0.5) is 0 Å². The first kappa shape index (κ1) is 12.0. The summed E-state index contributed by atoms with van der Waals surface area (Å²) in [5.74, 6) is 0.670. The molecule has 2 nitrogen and oxygen atoms in total. The lowest BCUT2D eigenvalue weighted by molar-refractivity contribution is -0.132. The van der Waals surface area contributed by atoms with Gasteiger partial charge in [-0.2, -0.15) is 0 Å². The molecule has 0 spiro atoms. The van der Waals surface area contributed by atoms with Crippen molar-refractivity contribution in [2.45, 2.75) is 65.3 Å². The molecule has 0 N–H and O–H groups in total. The van der Waals surface area contributed by atoms with E-state index in [-0.39, 0.29) is 6.29 Å². The Morgan fingerprint density at radius 1 is 1.29 bits per heavy atom. The number of ether oxygens (including phenoxy) is 2. The Labute approximate surface area is 88.0 Å². The summed E-state index contributed by atoms with van der Waals surface area (Å²) >= 11 is 0. The lowest BCUT2D eigenvalue weighted by Crippen LogP contribution is -2.15. The second-order valence-corrected chi connectivity index (χ2v) is 4.27. The van der Waals surface area contributed by atoms with E-state index in [2.05, 4.69) is 13.8 Å². The summed E-state index contributed by atoms with van der Waals surface area (Å²) in [6.07, 6.45) is 6.70. The first-order valence-corrected chi connectivity index (χ1v) is 6.05. The number of hydrogen-bond donors (Lipinski definition) is 0. The maximum absolute atomic E-state index is 5.84. The van der Waals surface area contributed by atoms with Crippen LogP contribution >= 0.6 is 0 Å². The highest BCUT2D eigenvalue weighted by Crippen LogP contribution is 2.29. The molecule has 0 bridgehead atoms. The van der Waals surface area contributed by atoms with Gasteiger partial charge in [-0.05, 0) is 19.3 Å². The molecule has 0 radical (unpaired) electrons. The van der Waals surface area contributed by atoms with Gasteiger partial charge in [-0.15, -0.1) is 0 Å². The second-order valence-electron chi connectivity index (χ2n) is 4.27. The minimum atomic E-state index is 0.0710. The van der Waals surface area contributed by atoms with E-state index in [0.29, 0.717) is 12.0 Å². The molecule has 0 saturated carbocycles. The normalized spacial score (nSPS) is 32.4. The summed E-state index contributed by atoms with van der Waals surface area (Å²) in [7, 11) is 0. The molecule has 1 aliphatic heterocycles. The average Bonchev–Trinajstić information content (AvgIpc) is 2.48. The Kier molecular flexibility index (Phi) is 5.49. The highest BCUT2D eigenvalue weighted by Gasteiger charge is 2.31. The fourth-order valence-corrected chi connectivity index (χ4v) is 2.08. The van der Waals surface area contributed by atoms with Gasteiger partial charge >= 0.3 is 0 Å². The van der Waals surface area contributed by atoms with Crippen LogP contribution < -0.4 is 0 Å². The molecule has 84 valence electrons. The van der Waals surface area contributed by atoms with Crippen LogP contribution in [-0.2, 0) is 9.47 Å². The van der Waals surface area contributed by atoms with Crippen LogP contribution in [0, 0.1) is 5.92 Å². The molecular weight excluding hydrogens is 176 g/mol. The van der Waals surface area contributed by atoms with Crippen molar-refractivity contribution in [2.24, 2.45) is 5.92 Å². The van der Waals surface area contributed by atoms with Crippen molar-refractivity contribution in [3.05, 3.63) is 0 Å². The average molecular weight is 200 g/mol.